The molecule has 11 rings (SSSR count). The maximum absolute atomic E-state index is 13.3. The maximum atomic E-state index is 13.3. The lowest BCUT2D eigenvalue weighted by atomic mass is 9.64. The number of para-hydroxylation sites is 3. The number of aromatic nitrogens is 2. The Bertz CT molecular complexity index is 2820. The average Bonchev–Trinajstić information content (AvgIpc) is 3.69. The maximum Gasteiger partial charge on any atom is 0.310 e. The summed E-state index contributed by atoms with van der Waals surface area (Å²) in [6, 6.07) is 57.5. The lowest BCUT2D eigenvalue weighted by Gasteiger charge is -2.45. The van der Waals surface area contributed by atoms with Crippen molar-refractivity contribution < 1.29 is 4.42 Å². The first-order valence-electron chi connectivity index (χ1n) is 16.8. The van der Waals surface area contributed by atoms with Gasteiger partial charge in [-0.2, -0.15) is 4.98 Å². The lowest BCUT2D eigenvalue weighted by molar-refractivity contribution is 0.616. The molecule has 2 aromatic heterocycles. The highest BCUT2D eigenvalue weighted by atomic mass is 16.4. The zero-order valence-corrected chi connectivity index (χ0v) is 26.7. The zero-order chi connectivity index (χ0) is 33.0. The molecule has 1 aliphatic carbocycles. The minimum absolute atomic E-state index is 0.130. The number of fused-ring (bicyclic) bond motifs is 13. The molecule has 50 heavy (non-hydrogen) atoms. The van der Waals surface area contributed by atoms with E-state index in [4.69, 9.17) is 9.40 Å². The largest absolute Gasteiger partial charge is 0.424 e. The first kappa shape index (κ1) is 27.3. The van der Waals surface area contributed by atoms with Crippen LogP contribution in [0.2, 0.25) is 0 Å². The van der Waals surface area contributed by atoms with Crippen molar-refractivity contribution in [2.24, 2.45) is 0 Å². The van der Waals surface area contributed by atoms with Crippen LogP contribution in [0.5, 0.6) is 0 Å². The van der Waals surface area contributed by atoms with Crippen molar-refractivity contribution in [1.29, 1.82) is 0 Å². The fourth-order valence-corrected chi connectivity index (χ4v) is 8.60. The first-order chi connectivity index (χ1) is 24.7. The van der Waals surface area contributed by atoms with Gasteiger partial charge in [0.15, 0.2) is 0 Å². The fourth-order valence-electron chi connectivity index (χ4n) is 8.60. The molecule has 0 unspecified atom stereocenters. The van der Waals surface area contributed by atoms with Crippen LogP contribution in [0.25, 0.3) is 50.1 Å². The van der Waals surface area contributed by atoms with Crippen LogP contribution in [0.3, 0.4) is 0 Å². The van der Waals surface area contributed by atoms with E-state index in [9.17, 15) is 4.79 Å². The number of nitrogens with zero attached hydrogens (tertiary/aromatic N) is 3. The van der Waals surface area contributed by atoms with Gasteiger partial charge in [0.05, 0.1) is 33.2 Å². The third kappa shape index (κ3) is 3.45. The smallest absolute Gasteiger partial charge is 0.310 e. The zero-order valence-electron chi connectivity index (χ0n) is 26.7. The van der Waals surface area contributed by atoms with Crippen LogP contribution in [-0.4, -0.2) is 9.38 Å². The predicted octanol–water partition coefficient (Wildman–Crippen LogP) is 10.4. The fraction of sp³-hybridized carbons (Fsp3) is 0.0222. The topological polar surface area (TPSA) is 50.8 Å². The van der Waals surface area contributed by atoms with Crippen LogP contribution in [-0.2, 0) is 5.41 Å². The highest BCUT2D eigenvalue weighted by Gasteiger charge is 2.51. The molecule has 1 spiro atoms. The van der Waals surface area contributed by atoms with Crippen molar-refractivity contribution in [2.75, 3.05) is 4.90 Å². The monoisotopic (exact) mass is 641 g/mol. The summed E-state index contributed by atoms with van der Waals surface area (Å²) < 4.78 is 7.58. The van der Waals surface area contributed by atoms with E-state index in [0.29, 0.717) is 22.3 Å². The van der Waals surface area contributed by atoms with E-state index >= 15 is 0 Å². The molecule has 7 aromatic carbocycles. The molecule has 0 N–H and O–H groups in total. The van der Waals surface area contributed by atoms with Gasteiger partial charge in [0, 0.05) is 5.69 Å². The van der Waals surface area contributed by atoms with Crippen molar-refractivity contribution in [3.05, 3.63) is 196 Å². The molecule has 9 aromatic rings. The van der Waals surface area contributed by atoms with Gasteiger partial charge in [-0.05, 0) is 93.0 Å². The second-order valence-corrected chi connectivity index (χ2v) is 13.1. The van der Waals surface area contributed by atoms with Gasteiger partial charge in [-0.3, -0.25) is 4.79 Å². The van der Waals surface area contributed by atoms with E-state index in [1.807, 2.05) is 30.3 Å². The van der Waals surface area contributed by atoms with E-state index in [2.05, 4.69) is 126 Å². The molecule has 0 saturated carbocycles. The number of hydrogen-bond acceptors (Lipinski definition) is 4. The van der Waals surface area contributed by atoms with E-state index in [-0.39, 0.29) is 5.56 Å². The van der Waals surface area contributed by atoms with Crippen LogP contribution in [0.15, 0.2) is 173 Å². The number of hydrogen-bond donors (Lipinski definition) is 0. The molecule has 234 valence electrons. The van der Waals surface area contributed by atoms with Crippen LogP contribution < -0.4 is 10.5 Å². The van der Waals surface area contributed by atoms with Crippen LogP contribution in [0, 0.1) is 0 Å². The molecule has 3 heterocycles. The molecular weight excluding hydrogens is 615 g/mol. The molecule has 0 atom stereocenters. The Balaban J connectivity index is 1.06. The Hall–Kier alpha value is -6.72. The van der Waals surface area contributed by atoms with Gasteiger partial charge >= 0.3 is 5.84 Å². The second kappa shape index (κ2) is 9.91. The van der Waals surface area contributed by atoms with Crippen LogP contribution >= 0.6 is 0 Å². The Labute approximate surface area is 286 Å². The minimum Gasteiger partial charge on any atom is -0.424 e. The summed E-state index contributed by atoms with van der Waals surface area (Å²) >= 11 is 0. The Morgan fingerprint density at radius 1 is 0.540 bits per heavy atom. The van der Waals surface area contributed by atoms with E-state index in [1.165, 1.54) is 44.8 Å². The number of imidazole rings is 1. The summed E-state index contributed by atoms with van der Waals surface area (Å²) in [6.45, 7) is 0. The number of anilines is 3. The Kier molecular flexibility index (Phi) is 5.40. The molecule has 0 fully saturated rings. The van der Waals surface area contributed by atoms with Crippen molar-refractivity contribution >= 4 is 44.9 Å². The molecule has 5 heteroatoms. The SMILES string of the molecule is O=c1c2ccccc2oc2nc3cc(-c4ccc(N5c6ccccc6C6(c7ccccc7-c7ccccc76)c6ccccc65)cc4)ccc3n12. The Morgan fingerprint density at radius 2 is 1.10 bits per heavy atom. The van der Waals surface area contributed by atoms with Crippen molar-refractivity contribution in [1.82, 2.24) is 9.38 Å². The third-order valence-electron chi connectivity index (χ3n) is 10.7. The molecule has 0 saturated heterocycles. The second-order valence-electron chi connectivity index (χ2n) is 13.1. The third-order valence-corrected chi connectivity index (χ3v) is 10.7. The summed E-state index contributed by atoms with van der Waals surface area (Å²) in [5.74, 6) is 0.295. The first-order valence-corrected chi connectivity index (χ1v) is 16.8. The molecule has 1 aliphatic heterocycles. The predicted molar refractivity (Wildman–Crippen MR) is 200 cm³/mol. The van der Waals surface area contributed by atoms with E-state index < -0.39 is 5.41 Å². The number of benzene rings is 7. The van der Waals surface area contributed by atoms with Crippen molar-refractivity contribution in [3.63, 3.8) is 0 Å². The van der Waals surface area contributed by atoms with Gasteiger partial charge in [-0.15, -0.1) is 0 Å². The quantitative estimate of drug-likeness (QED) is 0.189. The van der Waals surface area contributed by atoms with Gasteiger partial charge in [0.1, 0.15) is 5.58 Å². The highest BCUT2D eigenvalue weighted by molar-refractivity contribution is 5.96. The van der Waals surface area contributed by atoms with Crippen molar-refractivity contribution in [3.8, 4) is 22.3 Å². The van der Waals surface area contributed by atoms with E-state index in [0.717, 1.165) is 22.3 Å². The van der Waals surface area contributed by atoms with Gasteiger partial charge in [0.2, 0.25) is 0 Å². The van der Waals surface area contributed by atoms with Gasteiger partial charge < -0.3 is 9.32 Å². The van der Waals surface area contributed by atoms with Crippen molar-refractivity contribution in [2.45, 2.75) is 5.41 Å². The highest BCUT2D eigenvalue weighted by Crippen LogP contribution is 2.63. The number of rotatable bonds is 2. The molecule has 0 amide bonds. The molecule has 2 aliphatic rings. The summed E-state index contributed by atoms with van der Waals surface area (Å²) in [5.41, 5.74) is 14.7. The Morgan fingerprint density at radius 3 is 1.78 bits per heavy atom. The minimum atomic E-state index is -0.428. The average molecular weight is 642 g/mol. The molecule has 0 bridgehead atoms. The standard InChI is InChI=1S/C45H27N3O2/c49-43-33-13-3-10-20-42(33)50-44-46-38-27-29(23-26-41(38)48(43)44)28-21-24-30(25-22-28)47-39-18-8-6-16-36(39)45(37-17-7-9-19-40(37)47)34-14-4-1-11-31(34)32-12-2-5-15-35(32)45/h1-27H. The summed E-state index contributed by atoms with van der Waals surface area (Å²) in [6.07, 6.45) is 0. The van der Waals surface area contributed by atoms with Crippen LogP contribution in [0.1, 0.15) is 22.3 Å². The summed E-state index contributed by atoms with van der Waals surface area (Å²) in [7, 11) is 0. The molecule has 0 radical (unpaired) electrons. The molecule has 5 nitrogen and oxygen atoms in total. The summed E-state index contributed by atoms with van der Waals surface area (Å²) in [5, 5.41) is 0.534. The normalized spacial score (nSPS) is 13.8. The van der Waals surface area contributed by atoms with Gasteiger partial charge in [0.25, 0.3) is 5.56 Å². The van der Waals surface area contributed by atoms with Gasteiger partial charge in [-0.25, -0.2) is 4.40 Å². The van der Waals surface area contributed by atoms with Crippen LogP contribution in [0.4, 0.5) is 17.1 Å². The van der Waals surface area contributed by atoms with E-state index in [1.54, 1.807) is 16.5 Å². The van der Waals surface area contributed by atoms with Gasteiger partial charge in [-0.1, -0.05) is 115 Å². The molecular formula is C45H27N3O2. The summed E-state index contributed by atoms with van der Waals surface area (Å²) in [4.78, 5) is 20.5. The lowest BCUT2D eigenvalue weighted by Crippen LogP contribution is -2.36.